The van der Waals surface area contributed by atoms with E-state index in [0.29, 0.717) is 6.54 Å². The molecule has 4 nitrogen and oxygen atoms in total. The normalized spacial score (nSPS) is 28.1. The summed E-state index contributed by atoms with van der Waals surface area (Å²) < 4.78 is 0. The summed E-state index contributed by atoms with van der Waals surface area (Å²) in [6, 6.07) is -0.0670. The van der Waals surface area contributed by atoms with Crippen LogP contribution in [0.1, 0.15) is 41.0 Å². The zero-order valence-electron chi connectivity index (χ0n) is 11.8. The lowest BCUT2D eigenvalue weighted by Gasteiger charge is -2.29. The highest BCUT2D eigenvalue weighted by Crippen LogP contribution is 2.29. The second-order valence-electron chi connectivity index (χ2n) is 6.65. The van der Waals surface area contributed by atoms with Crippen LogP contribution in [0.5, 0.6) is 0 Å². The van der Waals surface area contributed by atoms with Gasteiger partial charge in [0, 0.05) is 12.1 Å². The molecule has 1 fully saturated rings. The lowest BCUT2D eigenvalue weighted by atomic mass is 9.90. The molecule has 0 saturated carbocycles. The molecule has 4 heteroatoms. The Kier molecular flexibility index (Phi) is 4.20. The molecule has 1 saturated heterocycles. The molecule has 2 unspecified atom stereocenters. The first-order valence-corrected chi connectivity index (χ1v) is 6.43. The summed E-state index contributed by atoms with van der Waals surface area (Å²) in [6.45, 7) is 12.8. The number of carbonyl (C=O) groups excluding carboxylic acids is 1. The fourth-order valence-electron chi connectivity index (χ4n) is 2.20. The lowest BCUT2D eigenvalue weighted by molar-refractivity contribution is -0.127. The molecule has 100 valence electrons. The van der Waals surface area contributed by atoms with Gasteiger partial charge in [-0.3, -0.25) is 9.69 Å². The van der Waals surface area contributed by atoms with E-state index in [0.717, 1.165) is 19.5 Å². The van der Waals surface area contributed by atoms with Crippen molar-refractivity contribution in [3.05, 3.63) is 0 Å². The van der Waals surface area contributed by atoms with Gasteiger partial charge in [-0.2, -0.15) is 0 Å². The van der Waals surface area contributed by atoms with Crippen molar-refractivity contribution >= 4 is 5.91 Å². The highest BCUT2D eigenvalue weighted by atomic mass is 16.2. The molecule has 0 spiro atoms. The van der Waals surface area contributed by atoms with Crippen LogP contribution >= 0.6 is 0 Å². The SMILES string of the molecule is CC(C(=O)NC(C)(C)C)N1CCC(C)(CN)C1. The molecule has 1 aliphatic rings. The van der Waals surface area contributed by atoms with Gasteiger partial charge in [-0.1, -0.05) is 6.92 Å². The van der Waals surface area contributed by atoms with E-state index in [2.05, 4.69) is 17.1 Å². The monoisotopic (exact) mass is 241 g/mol. The maximum Gasteiger partial charge on any atom is 0.237 e. The Balaban J connectivity index is 2.55. The van der Waals surface area contributed by atoms with Crippen LogP contribution in [0, 0.1) is 5.41 Å². The number of nitrogens with one attached hydrogen (secondary N) is 1. The Hall–Kier alpha value is -0.610. The fourth-order valence-corrected chi connectivity index (χ4v) is 2.20. The van der Waals surface area contributed by atoms with Crippen LogP contribution in [0.4, 0.5) is 0 Å². The molecular formula is C13H27N3O. The summed E-state index contributed by atoms with van der Waals surface area (Å²) in [7, 11) is 0. The van der Waals surface area contributed by atoms with Crippen molar-refractivity contribution in [1.82, 2.24) is 10.2 Å². The van der Waals surface area contributed by atoms with Gasteiger partial charge in [0.1, 0.15) is 0 Å². The van der Waals surface area contributed by atoms with Crippen molar-refractivity contribution in [2.24, 2.45) is 11.1 Å². The summed E-state index contributed by atoms with van der Waals surface area (Å²) in [4.78, 5) is 14.3. The molecular weight excluding hydrogens is 214 g/mol. The van der Waals surface area contributed by atoms with Crippen LogP contribution in [0.15, 0.2) is 0 Å². The van der Waals surface area contributed by atoms with E-state index < -0.39 is 0 Å². The molecule has 0 bridgehead atoms. The smallest absolute Gasteiger partial charge is 0.237 e. The van der Waals surface area contributed by atoms with Gasteiger partial charge in [-0.25, -0.2) is 0 Å². The first-order chi connectivity index (χ1) is 7.67. The van der Waals surface area contributed by atoms with Crippen molar-refractivity contribution in [1.29, 1.82) is 0 Å². The first kappa shape index (κ1) is 14.5. The second-order valence-corrected chi connectivity index (χ2v) is 6.65. The van der Waals surface area contributed by atoms with Crippen molar-refractivity contribution < 1.29 is 4.79 Å². The number of nitrogens with two attached hydrogens (primary N) is 1. The molecule has 17 heavy (non-hydrogen) atoms. The molecule has 2 atom stereocenters. The quantitative estimate of drug-likeness (QED) is 0.774. The highest BCUT2D eigenvalue weighted by Gasteiger charge is 2.36. The van der Waals surface area contributed by atoms with Gasteiger partial charge in [0.2, 0.25) is 5.91 Å². The maximum absolute atomic E-state index is 12.1. The van der Waals surface area contributed by atoms with E-state index in [1.165, 1.54) is 0 Å². The standard InChI is InChI=1S/C13H27N3O/c1-10(11(17)15-12(2,3)4)16-7-6-13(5,8-14)9-16/h10H,6-9,14H2,1-5H3,(H,15,17). The van der Waals surface area contributed by atoms with Crippen molar-refractivity contribution in [3.8, 4) is 0 Å². The third-order valence-electron chi connectivity index (χ3n) is 3.51. The number of hydrogen-bond donors (Lipinski definition) is 2. The molecule has 0 aromatic rings. The third kappa shape index (κ3) is 3.96. The topological polar surface area (TPSA) is 58.4 Å². The van der Waals surface area contributed by atoms with Gasteiger partial charge in [0.15, 0.2) is 0 Å². The average Bonchev–Trinajstić information content (AvgIpc) is 2.58. The summed E-state index contributed by atoms with van der Waals surface area (Å²) >= 11 is 0. The molecule has 1 amide bonds. The van der Waals surface area contributed by atoms with Gasteiger partial charge in [0.25, 0.3) is 0 Å². The van der Waals surface area contributed by atoms with E-state index in [9.17, 15) is 4.79 Å². The van der Waals surface area contributed by atoms with Crippen LogP contribution < -0.4 is 11.1 Å². The minimum Gasteiger partial charge on any atom is -0.350 e. The predicted octanol–water partition coefficient (Wildman–Crippen LogP) is 0.960. The minimum absolute atomic E-state index is 0.0670. The third-order valence-corrected chi connectivity index (χ3v) is 3.51. The van der Waals surface area contributed by atoms with Crippen LogP contribution in [0.2, 0.25) is 0 Å². The average molecular weight is 241 g/mol. The van der Waals surface area contributed by atoms with Crippen molar-refractivity contribution in [3.63, 3.8) is 0 Å². The van der Waals surface area contributed by atoms with Crippen molar-refractivity contribution in [2.45, 2.75) is 52.6 Å². The number of carbonyl (C=O) groups is 1. The minimum atomic E-state index is -0.164. The van der Waals surface area contributed by atoms with Crippen LogP contribution in [-0.4, -0.2) is 42.0 Å². The van der Waals surface area contributed by atoms with Crippen LogP contribution in [0.3, 0.4) is 0 Å². The predicted molar refractivity (Wildman–Crippen MR) is 70.7 cm³/mol. The fraction of sp³-hybridized carbons (Fsp3) is 0.923. The van der Waals surface area contributed by atoms with Gasteiger partial charge in [-0.15, -0.1) is 0 Å². The molecule has 0 radical (unpaired) electrons. The Morgan fingerprint density at radius 3 is 2.53 bits per heavy atom. The molecule has 1 rings (SSSR count). The number of rotatable bonds is 3. The van der Waals surface area contributed by atoms with Crippen LogP contribution in [-0.2, 0) is 4.79 Å². The Labute approximate surface area is 105 Å². The largest absolute Gasteiger partial charge is 0.350 e. The van der Waals surface area contributed by atoms with E-state index >= 15 is 0 Å². The zero-order valence-corrected chi connectivity index (χ0v) is 11.8. The first-order valence-electron chi connectivity index (χ1n) is 6.43. The van der Waals surface area contributed by atoms with E-state index in [4.69, 9.17) is 5.73 Å². The van der Waals surface area contributed by atoms with Gasteiger partial charge in [0.05, 0.1) is 6.04 Å². The molecule has 1 heterocycles. The van der Waals surface area contributed by atoms with E-state index in [-0.39, 0.29) is 22.9 Å². The number of nitrogens with zero attached hydrogens (tertiary/aromatic N) is 1. The zero-order chi connectivity index (χ0) is 13.3. The Morgan fingerprint density at radius 1 is 1.53 bits per heavy atom. The molecule has 0 aromatic carbocycles. The van der Waals surface area contributed by atoms with Gasteiger partial charge >= 0.3 is 0 Å². The van der Waals surface area contributed by atoms with Gasteiger partial charge in [-0.05, 0) is 52.6 Å². The lowest BCUT2D eigenvalue weighted by Crippen LogP contribution is -2.50. The molecule has 1 aliphatic heterocycles. The summed E-state index contributed by atoms with van der Waals surface area (Å²) in [5, 5.41) is 3.03. The molecule has 0 aromatic heterocycles. The molecule has 0 aliphatic carbocycles. The summed E-state index contributed by atoms with van der Waals surface area (Å²) in [6.07, 6.45) is 1.08. The van der Waals surface area contributed by atoms with Crippen molar-refractivity contribution in [2.75, 3.05) is 19.6 Å². The second kappa shape index (κ2) is 4.94. The summed E-state index contributed by atoms with van der Waals surface area (Å²) in [5.74, 6) is 0.110. The number of amides is 1. The van der Waals surface area contributed by atoms with Gasteiger partial charge < -0.3 is 11.1 Å². The molecule has 3 N–H and O–H groups in total. The van der Waals surface area contributed by atoms with Crippen LogP contribution in [0.25, 0.3) is 0 Å². The Morgan fingerprint density at radius 2 is 2.12 bits per heavy atom. The highest BCUT2D eigenvalue weighted by molar-refractivity contribution is 5.82. The Bertz CT molecular complexity index is 285. The summed E-state index contributed by atoms with van der Waals surface area (Å²) in [5.41, 5.74) is 5.79. The maximum atomic E-state index is 12.1. The number of hydrogen-bond acceptors (Lipinski definition) is 3. The number of likely N-dealkylation sites (tertiary alicyclic amines) is 1. The van der Waals surface area contributed by atoms with E-state index in [1.54, 1.807) is 0 Å². The van der Waals surface area contributed by atoms with E-state index in [1.807, 2.05) is 27.7 Å².